The normalized spacial score (nSPS) is 10.9. The number of nitro groups is 1. The van der Waals surface area contributed by atoms with E-state index in [0.717, 1.165) is 15.6 Å². The van der Waals surface area contributed by atoms with Crippen LogP contribution < -0.4 is 10.2 Å². The van der Waals surface area contributed by atoms with E-state index in [1.54, 1.807) is 29.1 Å². The van der Waals surface area contributed by atoms with Gasteiger partial charge in [-0.05, 0) is 41.5 Å². The molecular formula is C25H20BrN5O4. The first kappa shape index (κ1) is 23.8. The zero-order valence-corrected chi connectivity index (χ0v) is 20.0. The van der Waals surface area contributed by atoms with Crippen LogP contribution in [0.1, 0.15) is 27.2 Å². The Morgan fingerprint density at radius 3 is 2.51 bits per heavy atom. The minimum atomic E-state index is -0.461. The summed E-state index contributed by atoms with van der Waals surface area (Å²) >= 11 is 3.41. The highest BCUT2D eigenvalue weighted by Gasteiger charge is 2.10. The summed E-state index contributed by atoms with van der Waals surface area (Å²) in [6, 6.07) is 23.0. The van der Waals surface area contributed by atoms with Gasteiger partial charge in [0.05, 0.1) is 17.7 Å². The highest BCUT2D eigenvalue weighted by molar-refractivity contribution is 9.10. The Labute approximate surface area is 209 Å². The van der Waals surface area contributed by atoms with E-state index >= 15 is 0 Å². The molecule has 1 N–H and O–H groups in total. The van der Waals surface area contributed by atoms with Gasteiger partial charge < -0.3 is 4.74 Å². The fourth-order valence-electron chi connectivity index (χ4n) is 3.16. The average molecular weight is 534 g/mol. The number of aromatic nitrogens is 2. The number of benzene rings is 3. The fraction of sp³-hybridized carbons (Fsp3) is 0.0800. The largest absolute Gasteiger partial charge is 0.488 e. The number of ether oxygens (including phenoxy) is 1. The van der Waals surface area contributed by atoms with Crippen LogP contribution in [-0.2, 0) is 13.2 Å². The molecule has 0 aliphatic carbocycles. The smallest absolute Gasteiger partial charge is 0.291 e. The van der Waals surface area contributed by atoms with Gasteiger partial charge in [0.25, 0.3) is 11.6 Å². The summed E-state index contributed by atoms with van der Waals surface area (Å²) in [4.78, 5) is 22.8. The molecule has 0 aliphatic rings. The summed E-state index contributed by atoms with van der Waals surface area (Å²) in [5.74, 6) is 0.178. The Bertz CT molecular complexity index is 1350. The molecule has 9 nitrogen and oxygen atoms in total. The zero-order chi connectivity index (χ0) is 24.6. The first-order valence-electron chi connectivity index (χ1n) is 10.5. The Morgan fingerprint density at radius 2 is 1.77 bits per heavy atom. The summed E-state index contributed by atoms with van der Waals surface area (Å²) in [7, 11) is 0. The van der Waals surface area contributed by atoms with E-state index in [1.807, 2.05) is 48.5 Å². The highest BCUT2D eigenvalue weighted by atomic mass is 79.9. The third kappa shape index (κ3) is 6.61. The topological polar surface area (TPSA) is 112 Å². The van der Waals surface area contributed by atoms with Crippen molar-refractivity contribution in [3.63, 3.8) is 0 Å². The minimum Gasteiger partial charge on any atom is -0.488 e. The summed E-state index contributed by atoms with van der Waals surface area (Å²) in [6.07, 6.45) is 3.17. The monoisotopic (exact) mass is 533 g/mol. The standard InChI is InChI=1S/C25H20BrN5O4/c26-21-9-5-19(6-10-21)17-35-24-4-2-1-3-20(24)15-27-28-25(32)23-13-14-30(29-23)16-18-7-11-22(12-8-18)31(33)34/h1-15H,16-17H2,(H,28,32). The van der Waals surface area contributed by atoms with Crippen molar-refractivity contribution in [1.29, 1.82) is 0 Å². The van der Waals surface area contributed by atoms with E-state index in [1.165, 1.54) is 18.3 Å². The number of carbonyl (C=O) groups excluding carboxylic acids is 1. The van der Waals surface area contributed by atoms with Crippen molar-refractivity contribution >= 4 is 33.7 Å². The molecule has 35 heavy (non-hydrogen) atoms. The van der Waals surface area contributed by atoms with Crippen molar-refractivity contribution in [1.82, 2.24) is 15.2 Å². The molecule has 0 aliphatic heterocycles. The lowest BCUT2D eigenvalue weighted by Crippen LogP contribution is -2.18. The lowest BCUT2D eigenvalue weighted by atomic mass is 10.2. The third-order valence-electron chi connectivity index (χ3n) is 4.96. The quantitative estimate of drug-likeness (QED) is 0.186. The number of amides is 1. The number of halogens is 1. The SMILES string of the molecule is O=C(NN=Cc1ccccc1OCc1ccc(Br)cc1)c1ccn(Cc2ccc([N+](=O)[O-])cc2)n1. The maximum absolute atomic E-state index is 12.4. The number of carbonyl (C=O) groups is 1. The van der Waals surface area contributed by atoms with Crippen LogP contribution in [0.2, 0.25) is 0 Å². The second-order valence-corrected chi connectivity index (χ2v) is 8.39. The van der Waals surface area contributed by atoms with Crippen molar-refractivity contribution in [2.75, 3.05) is 0 Å². The van der Waals surface area contributed by atoms with Gasteiger partial charge in [-0.2, -0.15) is 10.2 Å². The van der Waals surface area contributed by atoms with Gasteiger partial charge in [-0.3, -0.25) is 19.6 Å². The van der Waals surface area contributed by atoms with Gasteiger partial charge in [0.1, 0.15) is 12.4 Å². The molecule has 0 saturated heterocycles. The van der Waals surface area contributed by atoms with Crippen LogP contribution in [0, 0.1) is 10.1 Å². The van der Waals surface area contributed by atoms with Crippen LogP contribution in [0.25, 0.3) is 0 Å². The first-order chi connectivity index (χ1) is 17.0. The number of nitrogens with one attached hydrogen (secondary N) is 1. The predicted octanol–water partition coefficient (Wildman–Crippen LogP) is 4.95. The van der Waals surface area contributed by atoms with Crippen LogP contribution in [0.5, 0.6) is 5.75 Å². The molecule has 0 atom stereocenters. The van der Waals surface area contributed by atoms with E-state index in [2.05, 4.69) is 31.6 Å². The molecular weight excluding hydrogens is 514 g/mol. The van der Waals surface area contributed by atoms with E-state index in [0.29, 0.717) is 24.5 Å². The van der Waals surface area contributed by atoms with Crippen LogP contribution in [0.15, 0.2) is 94.6 Å². The average Bonchev–Trinajstić information content (AvgIpc) is 3.33. The molecule has 0 bridgehead atoms. The maximum Gasteiger partial charge on any atom is 0.291 e. The molecule has 4 aromatic rings. The summed E-state index contributed by atoms with van der Waals surface area (Å²) in [5, 5.41) is 19.1. The molecule has 4 rings (SSSR count). The van der Waals surface area contributed by atoms with E-state index in [-0.39, 0.29) is 11.4 Å². The van der Waals surface area contributed by atoms with Gasteiger partial charge in [0.2, 0.25) is 0 Å². The number of para-hydroxylation sites is 1. The molecule has 1 amide bonds. The molecule has 176 valence electrons. The van der Waals surface area contributed by atoms with Crippen molar-refractivity contribution in [3.05, 3.63) is 122 Å². The number of hydrazone groups is 1. The number of rotatable bonds is 9. The molecule has 0 spiro atoms. The fourth-order valence-corrected chi connectivity index (χ4v) is 3.42. The summed E-state index contributed by atoms with van der Waals surface area (Å²) < 4.78 is 8.49. The Kier molecular flexibility index (Phi) is 7.63. The minimum absolute atomic E-state index is 0.0208. The van der Waals surface area contributed by atoms with Gasteiger partial charge in [-0.15, -0.1) is 0 Å². The molecule has 3 aromatic carbocycles. The second-order valence-electron chi connectivity index (χ2n) is 7.47. The van der Waals surface area contributed by atoms with Gasteiger partial charge in [0, 0.05) is 28.4 Å². The number of hydrogen-bond acceptors (Lipinski definition) is 6. The molecule has 0 saturated carbocycles. The van der Waals surface area contributed by atoms with E-state index in [9.17, 15) is 14.9 Å². The van der Waals surface area contributed by atoms with Gasteiger partial charge in [-0.25, -0.2) is 5.43 Å². The van der Waals surface area contributed by atoms with Crippen LogP contribution in [0.4, 0.5) is 5.69 Å². The molecule has 1 aromatic heterocycles. The van der Waals surface area contributed by atoms with Gasteiger partial charge >= 0.3 is 0 Å². The molecule has 1 heterocycles. The van der Waals surface area contributed by atoms with Gasteiger partial charge in [0.15, 0.2) is 5.69 Å². The molecule has 0 unspecified atom stereocenters. The van der Waals surface area contributed by atoms with Crippen LogP contribution in [-0.4, -0.2) is 26.8 Å². The number of non-ortho nitro benzene ring substituents is 1. The summed E-state index contributed by atoms with van der Waals surface area (Å²) in [6.45, 7) is 0.772. The Hall–Kier alpha value is -4.31. The zero-order valence-electron chi connectivity index (χ0n) is 18.4. The molecule has 0 radical (unpaired) electrons. The number of nitro benzene ring substituents is 1. The number of nitrogens with zero attached hydrogens (tertiary/aromatic N) is 4. The van der Waals surface area contributed by atoms with Crippen molar-refractivity contribution in [2.24, 2.45) is 5.10 Å². The molecule has 0 fully saturated rings. The Balaban J connectivity index is 1.33. The number of hydrogen-bond donors (Lipinski definition) is 1. The highest BCUT2D eigenvalue weighted by Crippen LogP contribution is 2.19. The summed E-state index contributed by atoms with van der Waals surface area (Å²) in [5.41, 5.74) is 5.25. The van der Waals surface area contributed by atoms with Crippen molar-refractivity contribution < 1.29 is 14.5 Å². The maximum atomic E-state index is 12.4. The van der Waals surface area contributed by atoms with Crippen LogP contribution >= 0.6 is 15.9 Å². The lowest BCUT2D eigenvalue weighted by molar-refractivity contribution is -0.384. The molecule has 10 heteroatoms. The third-order valence-corrected chi connectivity index (χ3v) is 5.49. The predicted molar refractivity (Wildman–Crippen MR) is 134 cm³/mol. The second kappa shape index (κ2) is 11.2. The first-order valence-corrected chi connectivity index (χ1v) is 11.3. The van der Waals surface area contributed by atoms with Crippen molar-refractivity contribution in [3.8, 4) is 5.75 Å². The van der Waals surface area contributed by atoms with E-state index in [4.69, 9.17) is 4.74 Å². The van der Waals surface area contributed by atoms with Crippen molar-refractivity contribution in [2.45, 2.75) is 13.2 Å². The Morgan fingerprint density at radius 1 is 1.06 bits per heavy atom. The van der Waals surface area contributed by atoms with Gasteiger partial charge in [-0.1, -0.05) is 52.3 Å². The lowest BCUT2D eigenvalue weighted by Gasteiger charge is -2.09. The van der Waals surface area contributed by atoms with Crippen LogP contribution in [0.3, 0.4) is 0 Å². The van der Waals surface area contributed by atoms with E-state index < -0.39 is 10.8 Å².